The number of carbonyl (C=O) groups is 1. The Kier molecular flexibility index (Phi) is 4.79. The molecule has 1 rings (SSSR count). The molecule has 0 fully saturated rings. The fourth-order valence-electron chi connectivity index (χ4n) is 1.46. The number of halogens is 1. The van der Waals surface area contributed by atoms with Crippen molar-refractivity contribution in [1.29, 1.82) is 0 Å². The largest absolute Gasteiger partial charge is 0.479 e. The van der Waals surface area contributed by atoms with Gasteiger partial charge in [0.15, 0.2) is 6.10 Å². The maximum atomic E-state index is 10.7. The fourth-order valence-corrected chi connectivity index (χ4v) is 1.93. The van der Waals surface area contributed by atoms with Crippen molar-refractivity contribution in [3.63, 3.8) is 0 Å². The van der Waals surface area contributed by atoms with Crippen LogP contribution in [0.5, 0.6) is 5.75 Å². The van der Waals surface area contributed by atoms with E-state index in [0.29, 0.717) is 5.75 Å². The number of carboxylic acid groups (broad SMARTS) is 1. The molecule has 18 heavy (non-hydrogen) atoms. The highest BCUT2D eigenvalue weighted by Gasteiger charge is 2.20. The van der Waals surface area contributed by atoms with Crippen LogP contribution in [-0.4, -0.2) is 17.2 Å². The number of carboxylic acids is 1. The molecule has 0 aliphatic heterocycles. The van der Waals surface area contributed by atoms with Gasteiger partial charge in [-0.3, -0.25) is 0 Å². The van der Waals surface area contributed by atoms with Gasteiger partial charge in [0.05, 0.1) is 4.47 Å². The highest BCUT2D eigenvalue weighted by atomic mass is 79.9. The molecule has 0 saturated heterocycles. The number of ether oxygens (including phenoxy) is 1. The van der Waals surface area contributed by atoms with E-state index < -0.39 is 12.1 Å². The minimum Gasteiger partial charge on any atom is -0.479 e. The molecule has 0 saturated carbocycles. The molecule has 1 unspecified atom stereocenters. The van der Waals surface area contributed by atoms with Crippen LogP contribution in [0.25, 0.3) is 0 Å². The Bertz CT molecular complexity index is 441. The van der Waals surface area contributed by atoms with E-state index in [0.717, 1.165) is 10.9 Å². The first-order valence-electron chi connectivity index (χ1n) is 5.97. The first kappa shape index (κ1) is 15.0. The Morgan fingerprint density at radius 1 is 1.50 bits per heavy atom. The lowest BCUT2D eigenvalue weighted by molar-refractivity contribution is -0.144. The summed E-state index contributed by atoms with van der Waals surface area (Å²) in [7, 11) is 0. The molecule has 0 amide bonds. The minimum atomic E-state index is -0.972. The van der Waals surface area contributed by atoms with E-state index in [1.54, 1.807) is 0 Å². The van der Waals surface area contributed by atoms with E-state index >= 15 is 0 Å². The third kappa shape index (κ3) is 3.48. The Hall–Kier alpha value is -1.03. The van der Waals surface area contributed by atoms with Gasteiger partial charge in [0.2, 0.25) is 0 Å². The lowest BCUT2D eigenvalue weighted by atomic mass is 9.82. The van der Waals surface area contributed by atoms with Crippen LogP contribution in [0, 0.1) is 0 Å². The highest BCUT2D eigenvalue weighted by molar-refractivity contribution is 9.10. The van der Waals surface area contributed by atoms with Crippen LogP contribution in [0.15, 0.2) is 22.7 Å². The molecule has 1 aromatic rings. The van der Waals surface area contributed by atoms with Crippen LogP contribution in [0.4, 0.5) is 0 Å². The van der Waals surface area contributed by atoms with Crippen LogP contribution < -0.4 is 4.74 Å². The van der Waals surface area contributed by atoms with Gasteiger partial charge in [0, 0.05) is 0 Å². The lowest BCUT2D eigenvalue weighted by Crippen LogP contribution is -2.23. The van der Waals surface area contributed by atoms with Crippen molar-refractivity contribution >= 4 is 21.9 Å². The monoisotopic (exact) mass is 314 g/mol. The van der Waals surface area contributed by atoms with Crippen LogP contribution in [0.3, 0.4) is 0 Å². The van der Waals surface area contributed by atoms with Gasteiger partial charge in [0.1, 0.15) is 5.75 Å². The molecule has 0 aliphatic carbocycles. The van der Waals surface area contributed by atoms with E-state index in [4.69, 9.17) is 9.84 Å². The second-order valence-corrected chi connectivity index (χ2v) is 5.84. The van der Waals surface area contributed by atoms with Gasteiger partial charge in [-0.15, -0.1) is 0 Å². The Labute approximate surface area is 116 Å². The third-order valence-corrected chi connectivity index (χ3v) is 3.87. The fraction of sp³-hybridized carbons (Fsp3) is 0.500. The molecule has 100 valence electrons. The molecule has 1 atom stereocenters. The summed E-state index contributed by atoms with van der Waals surface area (Å²) in [5.74, 6) is -0.416. The van der Waals surface area contributed by atoms with Crippen molar-refractivity contribution in [3.8, 4) is 5.75 Å². The molecule has 1 N–H and O–H groups in total. The van der Waals surface area contributed by atoms with Crippen LogP contribution in [0.2, 0.25) is 0 Å². The number of rotatable bonds is 5. The first-order chi connectivity index (χ1) is 8.27. The van der Waals surface area contributed by atoms with Crippen molar-refractivity contribution in [3.05, 3.63) is 28.2 Å². The molecule has 0 heterocycles. The van der Waals surface area contributed by atoms with Gasteiger partial charge >= 0.3 is 5.97 Å². The van der Waals surface area contributed by atoms with E-state index in [2.05, 4.69) is 36.7 Å². The quantitative estimate of drug-likeness (QED) is 0.894. The van der Waals surface area contributed by atoms with Gasteiger partial charge in [-0.05, 0) is 52.4 Å². The summed E-state index contributed by atoms with van der Waals surface area (Å²) in [6.07, 6.45) is 0.178. The molecule has 4 heteroatoms. The molecular weight excluding hydrogens is 296 g/mol. The normalized spacial score (nSPS) is 13.2. The average molecular weight is 315 g/mol. The van der Waals surface area contributed by atoms with Gasteiger partial charge in [-0.1, -0.05) is 26.8 Å². The van der Waals surface area contributed by atoms with E-state index in [-0.39, 0.29) is 5.41 Å². The predicted octanol–water partition coefficient (Wildman–Crippen LogP) is 3.99. The van der Waals surface area contributed by atoms with E-state index in [9.17, 15) is 4.79 Å². The topological polar surface area (TPSA) is 46.5 Å². The lowest BCUT2D eigenvalue weighted by Gasteiger charge is -2.24. The number of hydrogen-bond donors (Lipinski definition) is 1. The molecule has 1 aromatic carbocycles. The zero-order chi connectivity index (χ0) is 13.9. The van der Waals surface area contributed by atoms with Gasteiger partial charge in [0.25, 0.3) is 0 Å². The maximum absolute atomic E-state index is 10.7. The van der Waals surface area contributed by atoms with Crippen LogP contribution in [-0.2, 0) is 10.2 Å². The predicted molar refractivity (Wildman–Crippen MR) is 75.2 cm³/mol. The zero-order valence-electron chi connectivity index (χ0n) is 11.2. The van der Waals surface area contributed by atoms with Crippen molar-refractivity contribution in [2.24, 2.45) is 0 Å². The standard InChI is InChI=1S/C14H19BrO3/c1-5-14(3,4)10-6-7-12(11(15)8-10)18-9(2)13(16)17/h6-9H,5H2,1-4H3,(H,16,17). The molecule has 0 spiro atoms. The second kappa shape index (κ2) is 5.74. The van der Waals surface area contributed by atoms with Crippen molar-refractivity contribution in [1.82, 2.24) is 0 Å². The highest BCUT2D eigenvalue weighted by Crippen LogP contribution is 2.33. The summed E-state index contributed by atoms with van der Waals surface area (Å²) in [6.45, 7) is 8.01. The van der Waals surface area contributed by atoms with Crippen molar-refractivity contribution < 1.29 is 14.6 Å². The summed E-state index contributed by atoms with van der Waals surface area (Å²) < 4.78 is 6.15. The summed E-state index contributed by atoms with van der Waals surface area (Å²) >= 11 is 3.43. The van der Waals surface area contributed by atoms with Gasteiger partial charge in [-0.25, -0.2) is 4.79 Å². The minimum absolute atomic E-state index is 0.0967. The summed E-state index contributed by atoms with van der Waals surface area (Å²) in [5, 5.41) is 8.82. The van der Waals surface area contributed by atoms with Crippen LogP contribution in [0.1, 0.15) is 39.7 Å². The smallest absolute Gasteiger partial charge is 0.344 e. The third-order valence-electron chi connectivity index (χ3n) is 3.25. The van der Waals surface area contributed by atoms with E-state index in [1.165, 1.54) is 12.5 Å². The number of hydrogen-bond acceptors (Lipinski definition) is 2. The average Bonchev–Trinajstić information content (AvgIpc) is 2.31. The number of aliphatic carboxylic acids is 1. The first-order valence-corrected chi connectivity index (χ1v) is 6.76. The summed E-state index contributed by atoms with van der Waals surface area (Å²) in [5.41, 5.74) is 1.30. The molecular formula is C14H19BrO3. The summed E-state index contributed by atoms with van der Waals surface area (Å²) in [4.78, 5) is 10.7. The van der Waals surface area contributed by atoms with Gasteiger partial charge < -0.3 is 9.84 Å². The number of benzene rings is 1. The Morgan fingerprint density at radius 2 is 2.11 bits per heavy atom. The SMILES string of the molecule is CCC(C)(C)c1ccc(OC(C)C(=O)O)c(Br)c1. The zero-order valence-corrected chi connectivity index (χ0v) is 12.7. The summed E-state index contributed by atoms with van der Waals surface area (Å²) in [6, 6.07) is 5.79. The van der Waals surface area contributed by atoms with Gasteiger partial charge in [-0.2, -0.15) is 0 Å². The van der Waals surface area contributed by atoms with Crippen molar-refractivity contribution in [2.45, 2.75) is 45.6 Å². The van der Waals surface area contributed by atoms with E-state index in [1.807, 2.05) is 18.2 Å². The Balaban J connectivity index is 2.97. The van der Waals surface area contributed by atoms with Crippen molar-refractivity contribution in [2.75, 3.05) is 0 Å². The molecule has 0 aliphatic rings. The maximum Gasteiger partial charge on any atom is 0.344 e. The molecule has 3 nitrogen and oxygen atoms in total. The Morgan fingerprint density at radius 3 is 2.56 bits per heavy atom. The second-order valence-electron chi connectivity index (χ2n) is 4.98. The molecule has 0 bridgehead atoms. The van der Waals surface area contributed by atoms with Crippen LogP contribution >= 0.6 is 15.9 Å². The molecule has 0 radical (unpaired) electrons. The molecule has 0 aromatic heterocycles.